The van der Waals surface area contributed by atoms with Crippen molar-refractivity contribution in [2.24, 2.45) is 16.9 Å². The molecule has 1 heterocycles. The van der Waals surface area contributed by atoms with Gasteiger partial charge < -0.3 is 10.2 Å². The van der Waals surface area contributed by atoms with E-state index in [0.717, 1.165) is 50.0 Å². The van der Waals surface area contributed by atoms with E-state index in [2.05, 4.69) is 20.7 Å². The maximum absolute atomic E-state index is 12.9. The summed E-state index contributed by atoms with van der Waals surface area (Å²) in [6, 6.07) is 9.24. The predicted octanol–water partition coefficient (Wildman–Crippen LogP) is 3.72. The lowest BCUT2D eigenvalue weighted by Crippen LogP contribution is -2.49. The number of halogens is 1. The Morgan fingerprint density at radius 2 is 1.82 bits per heavy atom. The molecule has 1 aliphatic heterocycles. The maximum atomic E-state index is 12.9. The number of ketones is 1. The van der Waals surface area contributed by atoms with E-state index in [-0.39, 0.29) is 30.2 Å². The number of nitrogens with zero attached hydrogens (tertiary/aromatic N) is 2. The van der Waals surface area contributed by atoms with Crippen LogP contribution in [0.25, 0.3) is 0 Å². The van der Waals surface area contributed by atoms with Crippen LogP contribution >= 0.6 is 24.2 Å². The van der Waals surface area contributed by atoms with Crippen molar-refractivity contribution in [1.29, 1.82) is 0 Å². The van der Waals surface area contributed by atoms with Gasteiger partial charge in [0, 0.05) is 24.8 Å². The van der Waals surface area contributed by atoms with Crippen molar-refractivity contribution in [3.05, 3.63) is 35.9 Å². The zero-order valence-electron chi connectivity index (χ0n) is 19.4. The van der Waals surface area contributed by atoms with Crippen LogP contribution in [0.4, 0.5) is 0 Å². The summed E-state index contributed by atoms with van der Waals surface area (Å²) >= 11 is 1.55. The number of hydrogen-bond acceptors (Lipinski definition) is 5. The van der Waals surface area contributed by atoms with Gasteiger partial charge in [0.15, 0.2) is 5.17 Å². The number of Topliss-reactive ketones (excluding diaryl/α,β-unsaturated/α-hetero) is 1. The first-order valence-electron chi connectivity index (χ1n) is 11.6. The van der Waals surface area contributed by atoms with Gasteiger partial charge in [-0.1, -0.05) is 75.2 Å². The second-order valence-electron chi connectivity index (χ2n) is 8.98. The first-order chi connectivity index (χ1) is 15.4. The summed E-state index contributed by atoms with van der Waals surface area (Å²) in [5, 5.41) is 7.78. The van der Waals surface area contributed by atoms with Gasteiger partial charge >= 0.3 is 5.91 Å². The fourth-order valence-corrected chi connectivity index (χ4v) is 5.10. The second-order valence-corrected chi connectivity index (χ2v) is 10.0. The summed E-state index contributed by atoms with van der Waals surface area (Å²) < 4.78 is 0. The SMILES string of the molecule is CC(C)C[C@H](NC(=O)C1CCCCC1)C(=O)C(=O)NN=C1SCCN1Cc1ccccc1.Cl. The number of amides is 2. The molecular weight excluding hydrogens is 460 g/mol. The van der Waals surface area contributed by atoms with Crippen molar-refractivity contribution in [1.82, 2.24) is 15.6 Å². The van der Waals surface area contributed by atoms with Crippen LogP contribution in [0.5, 0.6) is 0 Å². The monoisotopic (exact) mass is 494 g/mol. The number of carbonyl (C=O) groups is 3. The third-order valence-corrected chi connectivity index (χ3v) is 6.87. The van der Waals surface area contributed by atoms with Crippen molar-refractivity contribution >= 4 is 46.9 Å². The van der Waals surface area contributed by atoms with E-state index in [1.54, 1.807) is 11.8 Å². The molecule has 2 amide bonds. The van der Waals surface area contributed by atoms with E-state index in [1.807, 2.05) is 44.2 Å². The van der Waals surface area contributed by atoms with Crippen molar-refractivity contribution < 1.29 is 14.4 Å². The average molecular weight is 495 g/mol. The molecule has 1 aromatic rings. The van der Waals surface area contributed by atoms with Crippen molar-refractivity contribution in [3.63, 3.8) is 0 Å². The fourth-order valence-electron chi connectivity index (χ4n) is 4.16. The largest absolute Gasteiger partial charge is 0.345 e. The summed E-state index contributed by atoms with van der Waals surface area (Å²) in [4.78, 5) is 40.2. The van der Waals surface area contributed by atoms with Crippen LogP contribution in [0.1, 0.15) is 57.9 Å². The lowest BCUT2D eigenvalue weighted by molar-refractivity contribution is -0.140. The Hall–Kier alpha value is -2.06. The summed E-state index contributed by atoms with van der Waals surface area (Å²) in [5.41, 5.74) is 3.59. The molecule has 2 fully saturated rings. The van der Waals surface area contributed by atoms with Crippen LogP contribution < -0.4 is 10.7 Å². The van der Waals surface area contributed by atoms with Crippen LogP contribution in [0, 0.1) is 11.8 Å². The zero-order valence-corrected chi connectivity index (χ0v) is 21.1. The van der Waals surface area contributed by atoms with Gasteiger partial charge in [-0.15, -0.1) is 17.5 Å². The number of benzene rings is 1. The van der Waals surface area contributed by atoms with Crippen molar-refractivity contribution in [2.75, 3.05) is 12.3 Å². The van der Waals surface area contributed by atoms with Gasteiger partial charge in [0.2, 0.25) is 11.7 Å². The molecule has 7 nitrogen and oxygen atoms in total. The van der Waals surface area contributed by atoms with Gasteiger partial charge in [0.25, 0.3) is 0 Å². The molecule has 1 saturated heterocycles. The molecular formula is C24H35ClN4O3S. The van der Waals surface area contributed by atoms with Gasteiger partial charge in [-0.25, -0.2) is 5.43 Å². The summed E-state index contributed by atoms with van der Waals surface area (Å²) in [5.74, 6) is -0.534. The van der Waals surface area contributed by atoms with Crippen molar-refractivity contribution in [3.8, 4) is 0 Å². The first-order valence-corrected chi connectivity index (χ1v) is 12.6. The molecule has 2 aliphatic rings. The number of thioether (sulfide) groups is 1. The Labute approximate surface area is 206 Å². The third kappa shape index (κ3) is 8.34. The number of carbonyl (C=O) groups excluding carboxylic acids is 3. The van der Waals surface area contributed by atoms with Crippen LogP contribution in [-0.2, 0) is 20.9 Å². The molecule has 1 atom stereocenters. The molecule has 2 N–H and O–H groups in total. The van der Waals surface area contributed by atoms with E-state index in [1.165, 1.54) is 0 Å². The predicted molar refractivity (Wildman–Crippen MR) is 135 cm³/mol. The van der Waals surface area contributed by atoms with Gasteiger partial charge in [-0.2, -0.15) is 0 Å². The number of nitrogens with one attached hydrogen (secondary N) is 2. The van der Waals surface area contributed by atoms with E-state index >= 15 is 0 Å². The van der Waals surface area contributed by atoms with Gasteiger partial charge in [0.05, 0.1) is 6.04 Å². The highest BCUT2D eigenvalue weighted by Gasteiger charge is 2.31. The second kappa shape index (κ2) is 13.6. The molecule has 0 bridgehead atoms. The summed E-state index contributed by atoms with van der Waals surface area (Å²) in [7, 11) is 0. The molecule has 1 aromatic carbocycles. The van der Waals surface area contributed by atoms with Crippen LogP contribution in [0.3, 0.4) is 0 Å². The maximum Gasteiger partial charge on any atom is 0.309 e. The van der Waals surface area contributed by atoms with Gasteiger partial charge in [-0.05, 0) is 30.7 Å². The van der Waals surface area contributed by atoms with E-state index in [0.29, 0.717) is 18.1 Å². The van der Waals surface area contributed by atoms with E-state index in [4.69, 9.17) is 0 Å². The Kier molecular flexibility index (Phi) is 11.2. The highest BCUT2D eigenvalue weighted by atomic mass is 35.5. The molecule has 182 valence electrons. The molecule has 9 heteroatoms. The van der Waals surface area contributed by atoms with Crippen LogP contribution in [-0.4, -0.2) is 46.0 Å². The van der Waals surface area contributed by atoms with Crippen LogP contribution in [0.2, 0.25) is 0 Å². The fraction of sp³-hybridized carbons (Fsp3) is 0.583. The molecule has 1 saturated carbocycles. The van der Waals surface area contributed by atoms with E-state index < -0.39 is 17.7 Å². The highest BCUT2D eigenvalue weighted by molar-refractivity contribution is 8.14. The molecule has 3 rings (SSSR count). The number of amidine groups is 1. The minimum atomic E-state index is -0.818. The van der Waals surface area contributed by atoms with Gasteiger partial charge in [0.1, 0.15) is 0 Å². The first kappa shape index (κ1) is 27.2. The van der Waals surface area contributed by atoms with Crippen LogP contribution in [0.15, 0.2) is 35.4 Å². The highest BCUT2D eigenvalue weighted by Crippen LogP contribution is 2.24. The lowest BCUT2D eigenvalue weighted by Gasteiger charge is -2.25. The normalized spacial score (nSPS) is 18.6. The molecule has 33 heavy (non-hydrogen) atoms. The Bertz CT molecular complexity index is 828. The van der Waals surface area contributed by atoms with Crippen molar-refractivity contribution in [2.45, 2.75) is 65.0 Å². The lowest BCUT2D eigenvalue weighted by atomic mass is 9.88. The molecule has 0 aromatic heterocycles. The zero-order chi connectivity index (χ0) is 22.9. The minimum Gasteiger partial charge on any atom is -0.345 e. The smallest absolute Gasteiger partial charge is 0.309 e. The number of hydrazone groups is 1. The number of hydrogen-bond donors (Lipinski definition) is 2. The topological polar surface area (TPSA) is 90.9 Å². The standard InChI is InChI=1S/C24H34N4O3S.ClH/c1-17(2)15-20(25-22(30)19-11-7-4-8-12-19)21(29)23(31)26-27-24-28(13-14-32-24)16-18-9-5-3-6-10-18;/h3,5-6,9-10,17,19-20H,4,7-8,11-16H2,1-2H3,(H,25,30)(H,26,31);1H/t20-;/m0./s1. The molecule has 0 spiro atoms. The molecule has 0 unspecified atom stereocenters. The van der Waals surface area contributed by atoms with Gasteiger partial charge in [-0.3, -0.25) is 14.4 Å². The Morgan fingerprint density at radius 3 is 2.48 bits per heavy atom. The molecule has 1 aliphatic carbocycles. The number of rotatable bonds is 9. The third-order valence-electron chi connectivity index (χ3n) is 5.87. The quantitative estimate of drug-likeness (QED) is 0.403. The summed E-state index contributed by atoms with van der Waals surface area (Å²) in [6.45, 7) is 5.48. The average Bonchev–Trinajstić information content (AvgIpc) is 3.24. The Morgan fingerprint density at radius 1 is 1.12 bits per heavy atom. The summed E-state index contributed by atoms with van der Waals surface area (Å²) in [6.07, 6.45) is 5.36. The van der Waals surface area contributed by atoms with E-state index in [9.17, 15) is 14.4 Å². The molecule has 0 radical (unpaired) electrons. The minimum absolute atomic E-state index is 0. The Balaban J connectivity index is 0.00000385.